The molecule has 0 bridgehead atoms. The lowest BCUT2D eigenvalue weighted by atomic mass is 10.0. The second-order valence-electron chi connectivity index (χ2n) is 8.15. The Labute approximate surface area is 178 Å². The quantitative estimate of drug-likeness (QED) is 0.542. The van der Waals surface area contributed by atoms with Gasteiger partial charge >= 0.3 is 0 Å². The molecule has 30 heavy (non-hydrogen) atoms. The smallest absolute Gasteiger partial charge is 0.126 e. The molecular weight excluding hydrogens is 379 g/mol. The Morgan fingerprint density at radius 3 is 2.47 bits per heavy atom. The molecule has 0 amide bonds. The average Bonchev–Trinajstić information content (AvgIpc) is 3.33. The van der Waals surface area contributed by atoms with Crippen LogP contribution in [0.25, 0.3) is 0 Å². The summed E-state index contributed by atoms with van der Waals surface area (Å²) in [7, 11) is 0. The van der Waals surface area contributed by atoms with Crippen molar-refractivity contribution in [3.63, 3.8) is 0 Å². The van der Waals surface area contributed by atoms with Gasteiger partial charge in [-0.15, -0.1) is 0 Å². The van der Waals surface area contributed by atoms with Crippen LogP contribution >= 0.6 is 0 Å². The first-order chi connectivity index (χ1) is 14.7. The molecule has 160 valence electrons. The van der Waals surface area contributed by atoms with Crippen molar-refractivity contribution in [1.29, 1.82) is 5.41 Å². The second kappa shape index (κ2) is 10.2. The number of hydrogen-bond acceptors (Lipinski definition) is 4. The summed E-state index contributed by atoms with van der Waals surface area (Å²) in [4.78, 5) is 4.60. The number of nitrogens with one attached hydrogen (secondary N) is 2. The zero-order chi connectivity index (χ0) is 20.8. The maximum absolute atomic E-state index is 13.4. The van der Waals surface area contributed by atoms with Gasteiger partial charge in [-0.25, -0.2) is 4.39 Å². The van der Waals surface area contributed by atoms with Crippen molar-refractivity contribution in [3.05, 3.63) is 71.5 Å². The molecule has 2 fully saturated rings. The van der Waals surface area contributed by atoms with Crippen LogP contribution in [0, 0.1) is 11.2 Å². The maximum atomic E-state index is 13.4. The van der Waals surface area contributed by atoms with Gasteiger partial charge in [0.05, 0.1) is 0 Å². The zero-order valence-corrected chi connectivity index (χ0v) is 17.4. The molecule has 2 atom stereocenters. The molecule has 6 heteroatoms. The summed E-state index contributed by atoms with van der Waals surface area (Å²) in [5.74, 6) is 0.436. The Kier molecular flexibility index (Phi) is 7.10. The zero-order valence-electron chi connectivity index (χ0n) is 17.4. The van der Waals surface area contributed by atoms with E-state index in [1.54, 1.807) is 0 Å². The summed E-state index contributed by atoms with van der Waals surface area (Å²) in [6.45, 7) is 5.95. The molecule has 2 aliphatic rings. The van der Waals surface area contributed by atoms with E-state index in [2.05, 4.69) is 27.2 Å². The lowest BCUT2D eigenvalue weighted by molar-refractivity contribution is 0.126. The van der Waals surface area contributed by atoms with E-state index >= 15 is 0 Å². The van der Waals surface area contributed by atoms with Crippen LogP contribution in [0.15, 0.2) is 54.6 Å². The van der Waals surface area contributed by atoms with Crippen LogP contribution in [0.1, 0.15) is 30.0 Å². The van der Waals surface area contributed by atoms with E-state index in [1.165, 1.54) is 17.7 Å². The van der Waals surface area contributed by atoms with Crippen LogP contribution in [0.2, 0.25) is 0 Å². The molecular formula is C24H31FN4O. The van der Waals surface area contributed by atoms with Crippen molar-refractivity contribution in [3.8, 4) is 0 Å². The van der Waals surface area contributed by atoms with Gasteiger partial charge in [0.2, 0.25) is 0 Å². The van der Waals surface area contributed by atoms with Crippen LogP contribution in [0.5, 0.6) is 0 Å². The first-order valence-corrected chi connectivity index (χ1v) is 10.9. The van der Waals surface area contributed by atoms with E-state index in [4.69, 9.17) is 10.1 Å². The molecule has 2 N–H and O–H groups in total. The lowest BCUT2D eigenvalue weighted by Crippen LogP contribution is -2.52. The summed E-state index contributed by atoms with van der Waals surface area (Å²) in [5, 5.41) is 12.1. The third-order valence-electron chi connectivity index (χ3n) is 6.06. The Morgan fingerprint density at radius 1 is 1.07 bits per heavy atom. The fourth-order valence-electron chi connectivity index (χ4n) is 4.25. The number of halogens is 1. The second-order valence-corrected chi connectivity index (χ2v) is 8.15. The van der Waals surface area contributed by atoms with E-state index in [0.29, 0.717) is 5.84 Å². The summed E-state index contributed by atoms with van der Waals surface area (Å²) in [5.41, 5.74) is 2.33. The number of benzene rings is 2. The normalized spacial score (nSPS) is 21.0. The highest BCUT2D eigenvalue weighted by Crippen LogP contribution is 2.19. The van der Waals surface area contributed by atoms with E-state index in [-0.39, 0.29) is 18.0 Å². The van der Waals surface area contributed by atoms with Crippen LogP contribution in [0.4, 0.5) is 4.39 Å². The molecule has 2 aromatic carbocycles. The lowest BCUT2D eigenvalue weighted by Gasteiger charge is -2.38. The standard InChI is InChI=1S/C24H31FN4O/c25-21-10-8-20(9-11-21)22(27-17-19-5-2-1-3-6-19)18-28-12-14-29(15-13-28)24(26)23-7-4-16-30-23/h1-3,5-6,8-11,22-23,26-27H,4,7,12-18H2. The number of piperazine rings is 1. The van der Waals surface area contributed by atoms with Gasteiger partial charge in [-0.1, -0.05) is 42.5 Å². The Hall–Kier alpha value is -2.28. The third kappa shape index (κ3) is 5.45. The highest BCUT2D eigenvalue weighted by Gasteiger charge is 2.28. The number of hydrogen-bond donors (Lipinski definition) is 2. The number of amidine groups is 1. The Morgan fingerprint density at radius 2 is 1.80 bits per heavy atom. The number of rotatable bonds is 7. The molecule has 2 unspecified atom stereocenters. The first kappa shape index (κ1) is 21.0. The SMILES string of the molecule is N=C(C1CCCO1)N1CCN(CC(NCc2ccccc2)c2ccc(F)cc2)CC1. The molecule has 5 nitrogen and oxygen atoms in total. The molecule has 0 radical (unpaired) electrons. The van der Waals surface area contributed by atoms with E-state index in [9.17, 15) is 4.39 Å². The van der Waals surface area contributed by atoms with E-state index < -0.39 is 0 Å². The molecule has 0 aromatic heterocycles. The highest BCUT2D eigenvalue weighted by atomic mass is 19.1. The number of nitrogens with zero attached hydrogens (tertiary/aromatic N) is 2. The van der Waals surface area contributed by atoms with Crippen molar-refractivity contribution in [2.75, 3.05) is 39.3 Å². The predicted molar refractivity (Wildman–Crippen MR) is 117 cm³/mol. The van der Waals surface area contributed by atoms with Crippen LogP contribution in [-0.4, -0.2) is 61.1 Å². The van der Waals surface area contributed by atoms with E-state index in [1.807, 2.05) is 30.3 Å². The Balaban J connectivity index is 1.35. The van der Waals surface area contributed by atoms with Gasteiger partial charge in [0, 0.05) is 51.9 Å². The van der Waals surface area contributed by atoms with Gasteiger partial charge in [0.15, 0.2) is 0 Å². The summed E-state index contributed by atoms with van der Waals surface area (Å²) in [6.07, 6.45) is 2.00. The van der Waals surface area contributed by atoms with Crippen molar-refractivity contribution in [1.82, 2.24) is 15.1 Å². The van der Waals surface area contributed by atoms with Gasteiger partial charge in [0.25, 0.3) is 0 Å². The van der Waals surface area contributed by atoms with Crippen molar-refractivity contribution in [2.45, 2.75) is 31.5 Å². The monoisotopic (exact) mass is 410 g/mol. The number of ether oxygens (including phenoxy) is 1. The molecule has 0 aliphatic carbocycles. The minimum atomic E-state index is -0.207. The van der Waals surface area contributed by atoms with Crippen LogP contribution < -0.4 is 5.32 Å². The topological polar surface area (TPSA) is 51.6 Å². The average molecular weight is 411 g/mol. The van der Waals surface area contributed by atoms with Crippen LogP contribution in [0.3, 0.4) is 0 Å². The highest BCUT2D eigenvalue weighted by molar-refractivity contribution is 5.84. The molecule has 0 spiro atoms. The summed E-state index contributed by atoms with van der Waals surface area (Å²) >= 11 is 0. The predicted octanol–water partition coefficient (Wildman–Crippen LogP) is 3.43. The summed E-state index contributed by atoms with van der Waals surface area (Å²) < 4.78 is 19.1. The fourth-order valence-corrected chi connectivity index (χ4v) is 4.25. The molecule has 2 heterocycles. The minimum absolute atomic E-state index is 0.0175. The van der Waals surface area contributed by atoms with Crippen LogP contribution in [-0.2, 0) is 11.3 Å². The summed E-state index contributed by atoms with van der Waals surface area (Å²) in [6, 6.07) is 17.3. The van der Waals surface area contributed by atoms with Crippen molar-refractivity contribution < 1.29 is 9.13 Å². The third-order valence-corrected chi connectivity index (χ3v) is 6.06. The van der Waals surface area contributed by atoms with Gasteiger partial charge in [-0.05, 0) is 36.1 Å². The molecule has 0 saturated carbocycles. The van der Waals surface area contributed by atoms with Gasteiger partial charge in [0.1, 0.15) is 17.8 Å². The van der Waals surface area contributed by atoms with Gasteiger partial charge in [-0.3, -0.25) is 10.3 Å². The van der Waals surface area contributed by atoms with Crippen molar-refractivity contribution in [2.24, 2.45) is 0 Å². The Bertz CT molecular complexity index is 800. The van der Waals surface area contributed by atoms with Gasteiger partial charge < -0.3 is 15.0 Å². The molecule has 2 saturated heterocycles. The van der Waals surface area contributed by atoms with E-state index in [0.717, 1.165) is 64.3 Å². The van der Waals surface area contributed by atoms with Crippen molar-refractivity contribution >= 4 is 5.84 Å². The maximum Gasteiger partial charge on any atom is 0.126 e. The molecule has 2 aliphatic heterocycles. The first-order valence-electron chi connectivity index (χ1n) is 10.9. The molecule has 4 rings (SSSR count). The minimum Gasteiger partial charge on any atom is -0.370 e. The fraction of sp³-hybridized carbons (Fsp3) is 0.458. The molecule has 2 aromatic rings. The largest absolute Gasteiger partial charge is 0.370 e. The van der Waals surface area contributed by atoms with Gasteiger partial charge in [-0.2, -0.15) is 0 Å².